The van der Waals surface area contributed by atoms with Crippen LogP contribution in [0.4, 0.5) is 4.79 Å². The van der Waals surface area contributed by atoms with Gasteiger partial charge in [-0.3, -0.25) is 4.79 Å². The zero-order valence-corrected chi connectivity index (χ0v) is 11.8. The van der Waals surface area contributed by atoms with Crippen LogP contribution >= 0.6 is 0 Å². The molecule has 0 aliphatic carbocycles. The van der Waals surface area contributed by atoms with E-state index in [4.69, 9.17) is 4.74 Å². The predicted molar refractivity (Wildman–Crippen MR) is 69.2 cm³/mol. The second kappa shape index (κ2) is 6.07. The van der Waals surface area contributed by atoms with Crippen molar-refractivity contribution < 1.29 is 14.3 Å². The van der Waals surface area contributed by atoms with Gasteiger partial charge in [0.15, 0.2) is 0 Å². The lowest BCUT2D eigenvalue weighted by Gasteiger charge is -2.32. The Morgan fingerprint density at radius 1 is 1.39 bits per heavy atom. The second-order valence-electron chi connectivity index (χ2n) is 5.95. The summed E-state index contributed by atoms with van der Waals surface area (Å²) in [4.78, 5) is 24.6. The number of nitrogens with zero attached hydrogens (tertiary/aromatic N) is 1. The highest BCUT2D eigenvalue weighted by Crippen LogP contribution is 2.17. The molecule has 0 spiro atoms. The molecule has 5 nitrogen and oxygen atoms in total. The number of alkyl carbamates (subject to hydrolysis) is 1. The van der Waals surface area contributed by atoms with Crippen molar-refractivity contribution in [2.45, 2.75) is 46.1 Å². The maximum atomic E-state index is 11.5. The van der Waals surface area contributed by atoms with Gasteiger partial charge in [0.1, 0.15) is 0 Å². The van der Waals surface area contributed by atoms with Crippen LogP contribution in [0.5, 0.6) is 0 Å². The Hall–Kier alpha value is -1.26. The van der Waals surface area contributed by atoms with Gasteiger partial charge in [0.25, 0.3) is 0 Å². The fraction of sp³-hybridized carbons (Fsp3) is 0.846. The molecule has 5 heteroatoms. The Morgan fingerprint density at radius 3 is 2.61 bits per heavy atom. The van der Waals surface area contributed by atoms with Crippen molar-refractivity contribution >= 4 is 12.0 Å². The topological polar surface area (TPSA) is 58.6 Å². The lowest BCUT2D eigenvalue weighted by Crippen LogP contribution is -2.43. The number of amides is 2. The van der Waals surface area contributed by atoms with Crippen LogP contribution in [0, 0.1) is 5.92 Å². The van der Waals surface area contributed by atoms with E-state index >= 15 is 0 Å². The van der Waals surface area contributed by atoms with E-state index in [1.54, 1.807) is 6.92 Å². The monoisotopic (exact) mass is 256 g/mol. The predicted octanol–water partition coefficient (Wildman–Crippen LogP) is 1.77. The van der Waals surface area contributed by atoms with Crippen molar-refractivity contribution in [3.63, 3.8) is 0 Å². The molecule has 1 aliphatic rings. The van der Waals surface area contributed by atoms with Crippen LogP contribution in [0.3, 0.4) is 0 Å². The fourth-order valence-electron chi connectivity index (χ4n) is 2.02. The first-order chi connectivity index (χ1) is 8.28. The average molecular weight is 256 g/mol. The van der Waals surface area contributed by atoms with Crippen LogP contribution in [0.1, 0.15) is 40.5 Å². The van der Waals surface area contributed by atoms with Crippen LogP contribution in [-0.2, 0) is 9.53 Å². The normalized spacial score (nSPS) is 20.4. The van der Waals surface area contributed by atoms with Gasteiger partial charge in [0.05, 0.1) is 6.61 Å². The average Bonchev–Trinajstić information content (AvgIpc) is 2.24. The molecule has 1 heterocycles. The summed E-state index contributed by atoms with van der Waals surface area (Å²) in [5.74, 6) is 0.354. The maximum Gasteiger partial charge on any atom is 0.407 e. The van der Waals surface area contributed by atoms with Crippen molar-refractivity contribution in [3.8, 4) is 0 Å². The minimum Gasteiger partial charge on any atom is -0.449 e. The number of hydrogen-bond donors (Lipinski definition) is 1. The van der Waals surface area contributed by atoms with Crippen LogP contribution in [0.15, 0.2) is 0 Å². The van der Waals surface area contributed by atoms with Crippen LogP contribution in [0.2, 0.25) is 0 Å². The third-order valence-corrected chi connectivity index (χ3v) is 2.89. The molecule has 0 aromatic rings. The Bertz CT molecular complexity index is 310. The number of piperidine rings is 1. The molecular formula is C13H24N2O3. The summed E-state index contributed by atoms with van der Waals surface area (Å²) in [5, 5.41) is 2.75. The summed E-state index contributed by atoms with van der Waals surface area (Å²) in [6.07, 6.45) is 1.60. The number of carbonyl (C=O) groups is 2. The third-order valence-electron chi connectivity index (χ3n) is 2.89. The van der Waals surface area contributed by atoms with Crippen LogP contribution in [-0.4, -0.2) is 42.1 Å². The Morgan fingerprint density at radius 2 is 2.06 bits per heavy atom. The standard InChI is InChI=1S/C13H24N2O3/c1-10(16)15-7-5-6-11(8-15)9-18-12(17)14-13(2,3)4/h11H,5-9H2,1-4H3,(H,14,17). The highest BCUT2D eigenvalue weighted by Gasteiger charge is 2.23. The van der Waals surface area contributed by atoms with Gasteiger partial charge in [0.2, 0.25) is 5.91 Å². The van der Waals surface area contributed by atoms with Gasteiger partial charge in [0, 0.05) is 31.5 Å². The highest BCUT2D eigenvalue weighted by molar-refractivity contribution is 5.73. The third kappa shape index (κ3) is 5.38. The van der Waals surface area contributed by atoms with E-state index in [0.717, 1.165) is 19.4 Å². The van der Waals surface area contributed by atoms with Crippen LogP contribution in [0.25, 0.3) is 0 Å². The Labute approximate surface area is 109 Å². The van der Waals surface area contributed by atoms with Gasteiger partial charge in [-0.25, -0.2) is 4.79 Å². The molecule has 1 N–H and O–H groups in total. The summed E-state index contributed by atoms with van der Waals surface area (Å²) < 4.78 is 5.20. The van der Waals surface area contributed by atoms with Gasteiger partial charge in [-0.1, -0.05) is 0 Å². The Balaban J connectivity index is 2.31. The lowest BCUT2D eigenvalue weighted by atomic mass is 9.99. The van der Waals surface area contributed by atoms with Gasteiger partial charge < -0.3 is 15.0 Å². The minimum absolute atomic E-state index is 0.0962. The molecule has 1 atom stereocenters. The van der Waals surface area contributed by atoms with Crippen molar-refractivity contribution in [3.05, 3.63) is 0 Å². The van der Waals surface area contributed by atoms with E-state index in [-0.39, 0.29) is 23.5 Å². The molecule has 1 unspecified atom stereocenters. The molecule has 0 aromatic heterocycles. The van der Waals surface area contributed by atoms with Crippen molar-refractivity contribution in [1.82, 2.24) is 10.2 Å². The summed E-state index contributed by atoms with van der Waals surface area (Å²) in [6, 6.07) is 0. The highest BCUT2D eigenvalue weighted by atomic mass is 16.5. The molecule has 104 valence electrons. The quantitative estimate of drug-likeness (QED) is 0.819. The molecule has 1 rings (SSSR count). The number of rotatable bonds is 2. The molecule has 0 bridgehead atoms. The number of ether oxygens (including phenoxy) is 1. The number of likely N-dealkylation sites (tertiary alicyclic amines) is 1. The summed E-state index contributed by atoms with van der Waals surface area (Å²) in [6.45, 7) is 9.20. The maximum absolute atomic E-state index is 11.5. The lowest BCUT2D eigenvalue weighted by molar-refractivity contribution is -0.130. The van der Waals surface area contributed by atoms with E-state index in [0.29, 0.717) is 13.2 Å². The van der Waals surface area contributed by atoms with E-state index in [1.807, 2.05) is 25.7 Å². The molecule has 1 fully saturated rings. The first-order valence-corrected chi connectivity index (χ1v) is 6.48. The molecular weight excluding hydrogens is 232 g/mol. The largest absolute Gasteiger partial charge is 0.449 e. The first kappa shape index (κ1) is 14.8. The molecule has 0 aromatic carbocycles. The Kier molecular flexibility index (Phi) is 4.99. The van der Waals surface area contributed by atoms with Gasteiger partial charge in [-0.05, 0) is 33.6 Å². The van der Waals surface area contributed by atoms with E-state index in [1.165, 1.54) is 0 Å². The van der Waals surface area contributed by atoms with E-state index in [2.05, 4.69) is 5.32 Å². The van der Waals surface area contributed by atoms with Crippen LogP contribution < -0.4 is 5.32 Å². The molecule has 1 saturated heterocycles. The van der Waals surface area contributed by atoms with Crippen molar-refractivity contribution in [1.29, 1.82) is 0 Å². The first-order valence-electron chi connectivity index (χ1n) is 6.48. The summed E-state index contributed by atoms with van der Waals surface area (Å²) in [7, 11) is 0. The van der Waals surface area contributed by atoms with Gasteiger partial charge >= 0.3 is 6.09 Å². The van der Waals surface area contributed by atoms with Gasteiger partial charge in [-0.2, -0.15) is 0 Å². The minimum atomic E-state index is -0.387. The summed E-state index contributed by atoms with van der Waals surface area (Å²) >= 11 is 0. The second-order valence-corrected chi connectivity index (χ2v) is 5.95. The number of hydrogen-bond acceptors (Lipinski definition) is 3. The zero-order chi connectivity index (χ0) is 13.8. The summed E-state index contributed by atoms with van der Waals surface area (Å²) in [5.41, 5.74) is -0.283. The van der Waals surface area contributed by atoms with E-state index < -0.39 is 0 Å². The molecule has 0 saturated carbocycles. The van der Waals surface area contributed by atoms with Crippen molar-refractivity contribution in [2.75, 3.05) is 19.7 Å². The molecule has 18 heavy (non-hydrogen) atoms. The van der Waals surface area contributed by atoms with Crippen molar-refractivity contribution in [2.24, 2.45) is 5.92 Å². The smallest absolute Gasteiger partial charge is 0.407 e. The SMILES string of the molecule is CC(=O)N1CCCC(COC(=O)NC(C)(C)C)C1. The van der Waals surface area contributed by atoms with E-state index in [9.17, 15) is 9.59 Å². The molecule has 0 radical (unpaired) electrons. The number of nitrogens with one attached hydrogen (secondary N) is 1. The zero-order valence-electron chi connectivity index (χ0n) is 11.8. The molecule has 2 amide bonds. The molecule has 1 aliphatic heterocycles. The van der Waals surface area contributed by atoms with Gasteiger partial charge in [-0.15, -0.1) is 0 Å². The number of carbonyl (C=O) groups excluding carboxylic acids is 2. The fourth-order valence-corrected chi connectivity index (χ4v) is 2.02.